The summed E-state index contributed by atoms with van der Waals surface area (Å²) in [7, 11) is 2.40. The van der Waals surface area contributed by atoms with Gasteiger partial charge in [0.2, 0.25) is 5.91 Å². The molecule has 0 atom stereocenters. The van der Waals surface area contributed by atoms with Gasteiger partial charge in [0.15, 0.2) is 0 Å². The van der Waals surface area contributed by atoms with E-state index in [1.54, 1.807) is 0 Å². The molecule has 0 aromatic heterocycles. The molecule has 0 spiro atoms. The van der Waals surface area contributed by atoms with Crippen LogP contribution in [0.5, 0.6) is 0 Å². The number of ether oxygens (including phenoxy) is 1. The lowest BCUT2D eigenvalue weighted by molar-refractivity contribution is -0.153. The van der Waals surface area contributed by atoms with Crippen LogP contribution in [-0.2, 0) is 21.0 Å². The molecule has 6 heteroatoms. The van der Waals surface area contributed by atoms with Crippen molar-refractivity contribution in [2.75, 3.05) is 7.11 Å². The van der Waals surface area contributed by atoms with Gasteiger partial charge in [0.05, 0.1) is 7.11 Å². The molecule has 105 valence electrons. The third-order valence-corrected chi connectivity index (χ3v) is 3.05. The van der Waals surface area contributed by atoms with Gasteiger partial charge in [-0.1, -0.05) is 30.3 Å². The Labute approximate surface area is 119 Å². The fourth-order valence-corrected chi connectivity index (χ4v) is 1.75. The van der Waals surface area contributed by atoms with Crippen LogP contribution in [0.2, 0.25) is 0 Å². The van der Waals surface area contributed by atoms with Crippen LogP contribution in [0, 0.1) is 5.92 Å². The van der Waals surface area contributed by atoms with Gasteiger partial charge < -0.3 is 4.74 Å². The molecule has 2 rings (SSSR count). The molecule has 1 fully saturated rings. The molecule has 0 heterocycles. The first-order valence-corrected chi connectivity index (χ1v) is 6.60. The summed E-state index contributed by atoms with van der Waals surface area (Å²) in [6.07, 6.45) is 2.56. The first kappa shape index (κ1) is 14.6. The van der Waals surface area contributed by atoms with E-state index in [1.165, 1.54) is 7.11 Å². The van der Waals surface area contributed by atoms with Gasteiger partial charge in [-0.25, -0.2) is 0 Å². The molecule has 1 amide bonds. The fraction of sp³-hybridized carbons (Fsp3) is 0.429. The van der Waals surface area contributed by atoms with Crippen LogP contribution in [0.1, 0.15) is 24.8 Å². The van der Waals surface area contributed by atoms with Crippen LogP contribution in [0.25, 0.3) is 0 Å². The largest absolute Gasteiger partial charge is 0.467 e. The topological polar surface area (TPSA) is 55.8 Å². The lowest BCUT2D eigenvalue weighted by Gasteiger charge is -2.17. The van der Waals surface area contributed by atoms with Gasteiger partial charge in [-0.05, 0) is 24.3 Å². The van der Waals surface area contributed by atoms with E-state index in [1.807, 2.05) is 30.3 Å². The maximum Gasteiger partial charge on any atom is 0.430 e. The molecule has 1 aliphatic carbocycles. The number of hydrogen-bond donors (Lipinski definition) is 0. The second kappa shape index (κ2) is 7.10. The number of rotatable bonds is 7. The molecule has 0 bridgehead atoms. The highest BCUT2D eigenvalue weighted by molar-refractivity contribution is 6.71. The molecule has 1 saturated carbocycles. The summed E-state index contributed by atoms with van der Waals surface area (Å²) in [5, 5.41) is 0. The normalized spacial score (nSPS) is 13.7. The van der Waals surface area contributed by atoms with E-state index >= 15 is 0 Å². The monoisotopic (exact) mass is 274 g/mol. The number of carbonyl (C=O) groups is 2. The third kappa shape index (κ3) is 4.70. The Kier molecular flexibility index (Phi) is 5.18. The van der Waals surface area contributed by atoms with E-state index in [-0.39, 0.29) is 12.5 Å². The number of hydrogen-bond acceptors (Lipinski definition) is 4. The van der Waals surface area contributed by atoms with E-state index in [0.29, 0.717) is 12.3 Å². The van der Waals surface area contributed by atoms with Crippen LogP contribution >= 0.6 is 0 Å². The maximum absolute atomic E-state index is 11.8. The SMILES string of the molecule is CON([B]C(=O)OCc1ccccc1)C(=O)CC1CC1. The average Bonchev–Trinajstić information content (AvgIpc) is 3.27. The summed E-state index contributed by atoms with van der Waals surface area (Å²) in [5.41, 5.74) is 0.891. The highest BCUT2D eigenvalue weighted by Gasteiger charge is 2.29. The molecule has 0 N–H and O–H groups in total. The van der Waals surface area contributed by atoms with Crippen LogP contribution in [0.3, 0.4) is 0 Å². The van der Waals surface area contributed by atoms with Gasteiger partial charge in [-0.2, -0.15) is 0 Å². The number of nitrogens with zero attached hydrogens (tertiary/aromatic N) is 1. The summed E-state index contributed by atoms with van der Waals surface area (Å²) < 4.78 is 5.06. The first-order chi connectivity index (χ1) is 9.69. The van der Waals surface area contributed by atoms with Crippen LogP contribution in [0.4, 0.5) is 4.79 Å². The minimum absolute atomic E-state index is 0.171. The molecular formula is C14H17BNO4. The molecule has 0 unspecified atom stereocenters. The molecule has 0 saturated heterocycles. The lowest BCUT2D eigenvalue weighted by Crippen LogP contribution is -2.38. The first-order valence-electron chi connectivity index (χ1n) is 6.60. The van der Waals surface area contributed by atoms with E-state index in [2.05, 4.69) is 0 Å². The number of hydroxylamine groups is 1. The zero-order valence-corrected chi connectivity index (χ0v) is 11.5. The van der Waals surface area contributed by atoms with Crippen molar-refractivity contribution in [1.82, 2.24) is 4.97 Å². The van der Waals surface area contributed by atoms with Crippen molar-refractivity contribution < 1.29 is 19.2 Å². The molecule has 1 aromatic rings. The average molecular weight is 274 g/mol. The summed E-state index contributed by atoms with van der Waals surface area (Å²) >= 11 is 0. The molecule has 1 aliphatic rings. The van der Waals surface area contributed by atoms with Crippen molar-refractivity contribution >= 4 is 19.2 Å². The summed E-state index contributed by atoms with van der Waals surface area (Å²) in [4.78, 5) is 29.3. The Balaban J connectivity index is 1.75. The smallest absolute Gasteiger partial charge is 0.430 e. The standard InChI is InChI=1S/C14H17BNO4/c1-19-16(13(17)9-11-7-8-11)15-14(18)20-10-12-5-3-2-4-6-12/h2-6,11H,7-10H2,1H3. The predicted molar refractivity (Wildman–Crippen MR) is 73.6 cm³/mol. The fourth-order valence-electron chi connectivity index (χ4n) is 1.75. The Morgan fingerprint density at radius 1 is 1.30 bits per heavy atom. The summed E-state index contributed by atoms with van der Waals surface area (Å²) in [6.45, 7) is 0.171. The minimum Gasteiger partial charge on any atom is -0.467 e. The Hall–Kier alpha value is -1.82. The van der Waals surface area contributed by atoms with E-state index < -0.39 is 5.87 Å². The molecule has 20 heavy (non-hydrogen) atoms. The van der Waals surface area contributed by atoms with Gasteiger partial charge in [0.25, 0.3) is 5.87 Å². The van der Waals surface area contributed by atoms with Crippen molar-refractivity contribution in [3.8, 4) is 0 Å². The van der Waals surface area contributed by atoms with Crippen molar-refractivity contribution in [3.05, 3.63) is 35.9 Å². The third-order valence-electron chi connectivity index (χ3n) is 3.05. The van der Waals surface area contributed by atoms with Crippen molar-refractivity contribution in [1.29, 1.82) is 0 Å². The second-order valence-corrected chi connectivity index (χ2v) is 4.77. The predicted octanol–water partition coefficient (Wildman–Crippen LogP) is 2.13. The quantitative estimate of drug-likeness (QED) is 0.564. The molecule has 0 aliphatic heterocycles. The Bertz CT molecular complexity index is 462. The molecule has 5 nitrogen and oxygen atoms in total. The second-order valence-electron chi connectivity index (χ2n) is 4.77. The number of carbonyl (C=O) groups excluding carboxylic acids is 2. The summed E-state index contributed by atoms with van der Waals surface area (Å²) in [6, 6.07) is 9.35. The Morgan fingerprint density at radius 3 is 2.60 bits per heavy atom. The van der Waals surface area contributed by atoms with E-state index in [9.17, 15) is 9.59 Å². The van der Waals surface area contributed by atoms with Gasteiger partial charge in [-0.3, -0.25) is 19.4 Å². The van der Waals surface area contributed by atoms with Crippen LogP contribution in [0.15, 0.2) is 30.3 Å². The van der Waals surface area contributed by atoms with Gasteiger partial charge in [0.1, 0.15) is 6.61 Å². The van der Waals surface area contributed by atoms with Gasteiger partial charge in [-0.15, -0.1) is 0 Å². The molecule has 1 radical (unpaired) electrons. The van der Waals surface area contributed by atoms with E-state index in [0.717, 1.165) is 30.8 Å². The Morgan fingerprint density at radius 2 is 2.00 bits per heavy atom. The van der Waals surface area contributed by atoms with Crippen molar-refractivity contribution in [2.45, 2.75) is 25.9 Å². The molecule has 1 aromatic carbocycles. The van der Waals surface area contributed by atoms with Crippen LogP contribution < -0.4 is 0 Å². The minimum atomic E-state index is -0.597. The summed E-state index contributed by atoms with van der Waals surface area (Å²) in [5.74, 6) is -0.375. The highest BCUT2D eigenvalue weighted by atomic mass is 16.7. The van der Waals surface area contributed by atoms with Crippen molar-refractivity contribution in [2.24, 2.45) is 5.92 Å². The zero-order chi connectivity index (χ0) is 14.4. The van der Waals surface area contributed by atoms with Gasteiger partial charge >= 0.3 is 7.41 Å². The zero-order valence-electron chi connectivity index (χ0n) is 11.5. The number of amides is 1. The number of benzene rings is 1. The lowest BCUT2D eigenvalue weighted by atomic mass is 9.94. The highest BCUT2D eigenvalue weighted by Crippen LogP contribution is 2.32. The van der Waals surface area contributed by atoms with Crippen molar-refractivity contribution in [3.63, 3.8) is 0 Å². The van der Waals surface area contributed by atoms with Gasteiger partial charge in [0, 0.05) is 6.42 Å². The molecular weight excluding hydrogens is 257 g/mol. The maximum atomic E-state index is 11.8. The van der Waals surface area contributed by atoms with E-state index in [4.69, 9.17) is 9.57 Å². The van der Waals surface area contributed by atoms with Crippen LogP contribution in [-0.4, -0.2) is 31.3 Å².